The molecule has 24 nitrogen and oxygen atoms in total. The van der Waals surface area contributed by atoms with Crippen molar-refractivity contribution in [2.75, 3.05) is 18.9 Å². The third kappa shape index (κ3) is 7.91. The van der Waals surface area contributed by atoms with Crippen LogP contribution in [0.2, 0.25) is 0 Å². The SMILES string of the molecule is Cc1cc2nc3c(=O)[nH]c(=O)nc-3n(CC(O)C(O)C(O)COP(=O)(O)OP(=O)(O)OCC3OC(n4cnc5c(N)ncnc54)[C@@H](O)[C@H]3O)c2cc1C. The summed E-state index contributed by atoms with van der Waals surface area (Å²) in [5.74, 6) is -0.212. The zero-order valence-electron chi connectivity index (χ0n) is 27.5. The molecule has 0 spiro atoms. The lowest BCUT2D eigenvalue weighted by Gasteiger charge is -2.26. The van der Waals surface area contributed by atoms with Crippen molar-refractivity contribution in [1.82, 2.24) is 39.0 Å². The molecule has 5 heterocycles. The summed E-state index contributed by atoms with van der Waals surface area (Å²) in [5.41, 5.74) is 6.11. The number of phosphoric ester groups is 2. The van der Waals surface area contributed by atoms with Crippen molar-refractivity contribution in [1.29, 1.82) is 0 Å². The van der Waals surface area contributed by atoms with Crippen LogP contribution in [0.3, 0.4) is 0 Å². The summed E-state index contributed by atoms with van der Waals surface area (Å²) in [4.78, 5) is 66.6. The van der Waals surface area contributed by atoms with Gasteiger partial charge < -0.3 is 50.4 Å². The summed E-state index contributed by atoms with van der Waals surface area (Å²) in [5, 5.41) is 53.0. The number of imidazole rings is 1. The van der Waals surface area contributed by atoms with Crippen molar-refractivity contribution in [2.45, 2.75) is 63.2 Å². The van der Waals surface area contributed by atoms with E-state index in [1.54, 1.807) is 26.0 Å². The first kappa shape index (κ1) is 38.6. The highest BCUT2D eigenvalue weighted by molar-refractivity contribution is 7.61. The molecule has 53 heavy (non-hydrogen) atoms. The number of nitrogens with one attached hydrogen (secondary N) is 1. The number of rotatable bonds is 13. The Morgan fingerprint density at radius 1 is 0.981 bits per heavy atom. The van der Waals surface area contributed by atoms with Crippen LogP contribution in [0.25, 0.3) is 33.7 Å². The molecule has 1 saturated heterocycles. The molecule has 0 bridgehead atoms. The number of hydrogen-bond donors (Lipinski definition) is 9. The first-order valence-electron chi connectivity index (χ1n) is 15.4. The fourth-order valence-electron chi connectivity index (χ4n) is 5.55. The van der Waals surface area contributed by atoms with Crippen LogP contribution in [0.4, 0.5) is 5.82 Å². The molecule has 0 aliphatic carbocycles. The molecule has 26 heteroatoms. The summed E-state index contributed by atoms with van der Waals surface area (Å²) < 4.78 is 46.6. The van der Waals surface area contributed by atoms with Gasteiger partial charge in [0.2, 0.25) is 0 Å². The number of aromatic amines is 1. The van der Waals surface area contributed by atoms with Gasteiger partial charge in [-0.05, 0) is 37.1 Å². The van der Waals surface area contributed by atoms with E-state index in [-0.39, 0.29) is 34.0 Å². The van der Waals surface area contributed by atoms with Crippen LogP contribution in [-0.2, 0) is 33.8 Å². The number of ether oxygens (including phenoxy) is 1. The minimum absolute atomic E-state index is 0.0293. The number of benzene rings is 1. The van der Waals surface area contributed by atoms with Gasteiger partial charge in [0.25, 0.3) is 5.56 Å². The zero-order valence-corrected chi connectivity index (χ0v) is 29.3. The first-order valence-corrected chi connectivity index (χ1v) is 18.4. The molecule has 6 rings (SSSR count). The van der Waals surface area contributed by atoms with Crippen molar-refractivity contribution < 1.29 is 62.5 Å². The Morgan fingerprint density at radius 3 is 2.42 bits per heavy atom. The van der Waals surface area contributed by atoms with Crippen molar-refractivity contribution in [2.24, 2.45) is 0 Å². The largest absolute Gasteiger partial charge is 0.481 e. The van der Waals surface area contributed by atoms with Crippen LogP contribution in [0.5, 0.6) is 0 Å². The Bertz CT molecular complexity index is 2350. The maximum Gasteiger partial charge on any atom is 0.481 e. The fourth-order valence-corrected chi connectivity index (χ4v) is 7.65. The number of aliphatic hydroxyl groups is 5. The van der Waals surface area contributed by atoms with Crippen LogP contribution in [0, 0.1) is 13.8 Å². The molecular weight excluding hydrogens is 752 g/mol. The van der Waals surface area contributed by atoms with Gasteiger partial charge in [-0.1, -0.05) is 0 Å². The van der Waals surface area contributed by atoms with Gasteiger partial charge in [-0.3, -0.25) is 23.4 Å². The average molecular weight is 786 g/mol. The minimum atomic E-state index is -5.54. The number of nitrogen functional groups attached to an aromatic ring is 1. The number of fused-ring (bicyclic) bond motifs is 3. The average Bonchev–Trinajstić information content (AvgIpc) is 3.63. The molecule has 1 aromatic carbocycles. The van der Waals surface area contributed by atoms with E-state index in [0.717, 1.165) is 17.5 Å². The molecule has 3 aromatic rings. The molecule has 0 amide bonds. The number of H-pyrrole nitrogens is 1. The third-order valence-corrected chi connectivity index (χ3v) is 11.0. The standard InChI is InChI=1S/C27H33N9O15P2/c1-10-3-12-13(4-11(10)2)35(24-18(32-12)25(42)34-27(43)33-24)5-14(37)19(39)15(38)6-48-52(44,45)51-53(46,47)49-7-16-20(40)21(41)26(50-16)36-9-31-17-22(28)29-8-30-23(17)36/h3-4,8-9,14-16,19-21,26,37-41H,5-7H2,1-2H3,(H,44,45)(H,46,47)(H2,28,29,30)(H,34,42,43)/t14?,15?,16?,19?,20-,21-,26?/m0/s1. The van der Waals surface area contributed by atoms with Crippen LogP contribution in [0.15, 0.2) is 34.4 Å². The van der Waals surface area contributed by atoms with E-state index in [1.807, 2.05) is 4.98 Å². The third-order valence-electron chi connectivity index (χ3n) is 8.40. The second-order valence-corrected chi connectivity index (χ2v) is 15.1. The molecular formula is C27H33N9O15P2. The molecule has 7 unspecified atom stereocenters. The number of hydrogen-bond acceptors (Lipinski definition) is 19. The number of anilines is 1. The Labute approximate surface area is 295 Å². The number of aliphatic hydroxyl groups excluding tert-OH is 5. The predicted molar refractivity (Wildman–Crippen MR) is 177 cm³/mol. The highest BCUT2D eigenvalue weighted by atomic mass is 31.3. The molecule has 10 N–H and O–H groups in total. The maximum absolute atomic E-state index is 12.5. The van der Waals surface area contributed by atoms with Crippen LogP contribution < -0.4 is 17.0 Å². The van der Waals surface area contributed by atoms with E-state index in [0.29, 0.717) is 5.52 Å². The predicted octanol–water partition coefficient (Wildman–Crippen LogP) is -2.42. The summed E-state index contributed by atoms with van der Waals surface area (Å²) in [6, 6.07) is 3.29. The van der Waals surface area contributed by atoms with Crippen LogP contribution >= 0.6 is 15.6 Å². The number of nitrogens with two attached hydrogens (primary N) is 1. The Balaban J connectivity index is 1.07. The topological polar surface area (TPSA) is 363 Å². The van der Waals surface area contributed by atoms with Gasteiger partial charge in [0.05, 0.1) is 37.1 Å². The second-order valence-electron chi connectivity index (χ2n) is 12.1. The Morgan fingerprint density at radius 2 is 1.68 bits per heavy atom. The van der Waals surface area contributed by atoms with E-state index >= 15 is 0 Å². The Kier molecular flexibility index (Phi) is 10.6. The highest BCUT2D eigenvalue weighted by Crippen LogP contribution is 2.60. The highest BCUT2D eigenvalue weighted by Gasteiger charge is 2.46. The fraction of sp³-hybridized carbons (Fsp3) is 0.444. The molecule has 1 fully saturated rings. The lowest BCUT2D eigenvalue weighted by molar-refractivity contribution is -0.0794. The van der Waals surface area contributed by atoms with Gasteiger partial charge in [-0.15, -0.1) is 0 Å². The molecule has 3 aliphatic heterocycles. The number of nitrogens with zero attached hydrogens (tertiary/aromatic N) is 7. The number of phosphoric acid groups is 2. The molecule has 0 saturated carbocycles. The number of aryl methyl sites for hydroxylation is 2. The summed E-state index contributed by atoms with van der Waals surface area (Å²) in [7, 11) is -11.0. The number of aromatic nitrogens is 8. The molecule has 9 atom stereocenters. The quantitative estimate of drug-likeness (QED) is 0.0443. The van der Waals surface area contributed by atoms with Crippen molar-refractivity contribution in [3.63, 3.8) is 0 Å². The van der Waals surface area contributed by atoms with Gasteiger partial charge in [-0.25, -0.2) is 33.9 Å². The van der Waals surface area contributed by atoms with Crippen molar-refractivity contribution >= 4 is 43.7 Å². The minimum Gasteiger partial charge on any atom is -0.388 e. The van der Waals surface area contributed by atoms with E-state index in [2.05, 4.69) is 33.8 Å². The first-order chi connectivity index (χ1) is 24.9. The normalized spacial score (nSPS) is 23.3. The van der Waals surface area contributed by atoms with Crippen molar-refractivity contribution in [3.05, 3.63) is 56.8 Å². The van der Waals surface area contributed by atoms with Gasteiger partial charge in [0, 0.05) is 0 Å². The second kappa shape index (κ2) is 14.6. The lowest BCUT2D eigenvalue weighted by Crippen LogP contribution is -2.42. The smallest absolute Gasteiger partial charge is 0.388 e. The van der Waals surface area contributed by atoms with Gasteiger partial charge in [-0.2, -0.15) is 9.29 Å². The lowest BCUT2D eigenvalue weighted by atomic mass is 10.1. The van der Waals surface area contributed by atoms with Crippen molar-refractivity contribution in [3.8, 4) is 11.5 Å². The van der Waals surface area contributed by atoms with Gasteiger partial charge >= 0.3 is 21.3 Å². The summed E-state index contributed by atoms with van der Waals surface area (Å²) in [6.07, 6.45) is -9.93. The van der Waals surface area contributed by atoms with Crippen LogP contribution in [0.1, 0.15) is 17.4 Å². The van der Waals surface area contributed by atoms with E-state index < -0.39 is 89.5 Å². The van der Waals surface area contributed by atoms with E-state index in [4.69, 9.17) is 15.0 Å². The van der Waals surface area contributed by atoms with Gasteiger partial charge in [0.1, 0.15) is 48.5 Å². The molecule has 0 radical (unpaired) electrons. The maximum atomic E-state index is 12.5. The summed E-state index contributed by atoms with van der Waals surface area (Å²) >= 11 is 0. The molecule has 3 aliphatic rings. The van der Waals surface area contributed by atoms with Gasteiger partial charge in [0.15, 0.2) is 29.2 Å². The monoisotopic (exact) mass is 785 g/mol. The summed E-state index contributed by atoms with van der Waals surface area (Å²) in [6.45, 7) is 0.795. The Hall–Kier alpha value is -4.13. The molecule has 286 valence electrons. The van der Waals surface area contributed by atoms with E-state index in [1.165, 1.54) is 15.5 Å². The van der Waals surface area contributed by atoms with Crippen LogP contribution in [-0.4, -0.2) is 124 Å². The van der Waals surface area contributed by atoms with E-state index in [9.17, 15) is 54.0 Å². The molecule has 2 aromatic heterocycles. The zero-order chi connectivity index (χ0) is 38.6.